The SMILES string of the molecule is CC(C)(C)c1ccc(NC(=O)Nc2ccn3nccc3c2)cc1. The second-order valence-corrected chi connectivity index (χ2v) is 6.52. The number of carbonyl (C=O) groups excluding carboxylic acids is 1. The van der Waals surface area contributed by atoms with Crippen LogP contribution in [0.15, 0.2) is 54.9 Å². The van der Waals surface area contributed by atoms with Gasteiger partial charge in [-0.15, -0.1) is 0 Å². The molecule has 2 N–H and O–H groups in total. The van der Waals surface area contributed by atoms with Gasteiger partial charge in [0.1, 0.15) is 0 Å². The molecule has 3 rings (SSSR count). The van der Waals surface area contributed by atoms with Gasteiger partial charge in [-0.2, -0.15) is 5.10 Å². The summed E-state index contributed by atoms with van der Waals surface area (Å²) in [6.45, 7) is 6.48. The van der Waals surface area contributed by atoms with E-state index in [0.29, 0.717) is 0 Å². The number of urea groups is 1. The molecule has 118 valence electrons. The van der Waals surface area contributed by atoms with E-state index in [4.69, 9.17) is 0 Å². The van der Waals surface area contributed by atoms with Crippen molar-refractivity contribution < 1.29 is 4.79 Å². The molecule has 2 heterocycles. The predicted octanol–water partition coefficient (Wildman–Crippen LogP) is 4.28. The van der Waals surface area contributed by atoms with Gasteiger partial charge in [0.25, 0.3) is 0 Å². The van der Waals surface area contributed by atoms with Crippen molar-refractivity contribution in [2.45, 2.75) is 26.2 Å². The summed E-state index contributed by atoms with van der Waals surface area (Å²) in [7, 11) is 0. The fourth-order valence-corrected chi connectivity index (χ4v) is 2.35. The summed E-state index contributed by atoms with van der Waals surface area (Å²) in [5, 5.41) is 9.79. The molecular weight excluding hydrogens is 288 g/mol. The van der Waals surface area contributed by atoms with E-state index in [-0.39, 0.29) is 11.4 Å². The first-order valence-electron chi connectivity index (χ1n) is 7.54. The smallest absolute Gasteiger partial charge is 0.308 e. The Hall–Kier alpha value is -2.82. The second-order valence-electron chi connectivity index (χ2n) is 6.52. The Morgan fingerprint density at radius 1 is 1.00 bits per heavy atom. The zero-order valence-electron chi connectivity index (χ0n) is 13.5. The van der Waals surface area contributed by atoms with Crippen LogP contribution in [-0.2, 0) is 5.41 Å². The molecular formula is C18H20N4O. The van der Waals surface area contributed by atoms with Gasteiger partial charge in [-0.05, 0) is 41.3 Å². The van der Waals surface area contributed by atoms with Crippen LogP contribution in [0, 0.1) is 0 Å². The van der Waals surface area contributed by atoms with E-state index in [9.17, 15) is 4.79 Å². The number of benzene rings is 1. The Morgan fingerprint density at radius 2 is 1.70 bits per heavy atom. The zero-order valence-corrected chi connectivity index (χ0v) is 13.5. The highest BCUT2D eigenvalue weighted by molar-refractivity contribution is 6.00. The topological polar surface area (TPSA) is 58.4 Å². The number of rotatable bonds is 2. The number of nitrogens with one attached hydrogen (secondary N) is 2. The monoisotopic (exact) mass is 308 g/mol. The van der Waals surface area contributed by atoms with Crippen LogP contribution in [0.4, 0.5) is 16.2 Å². The van der Waals surface area contributed by atoms with Crippen LogP contribution in [0.5, 0.6) is 0 Å². The van der Waals surface area contributed by atoms with Crippen LogP contribution in [0.3, 0.4) is 0 Å². The molecule has 5 nitrogen and oxygen atoms in total. The molecule has 0 bridgehead atoms. The Bertz CT molecular complexity index is 828. The van der Waals surface area contributed by atoms with Crippen LogP contribution in [0.25, 0.3) is 5.52 Å². The van der Waals surface area contributed by atoms with Crippen molar-refractivity contribution in [3.05, 3.63) is 60.4 Å². The number of anilines is 2. The van der Waals surface area contributed by atoms with Gasteiger partial charge in [0.05, 0.1) is 5.52 Å². The predicted molar refractivity (Wildman–Crippen MR) is 93.0 cm³/mol. The second kappa shape index (κ2) is 5.76. The highest BCUT2D eigenvalue weighted by atomic mass is 16.2. The molecule has 0 saturated carbocycles. The van der Waals surface area contributed by atoms with Crippen molar-refractivity contribution in [3.63, 3.8) is 0 Å². The Balaban J connectivity index is 1.66. The van der Waals surface area contributed by atoms with Gasteiger partial charge in [-0.3, -0.25) is 0 Å². The van der Waals surface area contributed by atoms with Crippen LogP contribution >= 0.6 is 0 Å². The molecule has 3 aromatic rings. The quantitative estimate of drug-likeness (QED) is 0.742. The molecule has 0 aliphatic heterocycles. The van der Waals surface area contributed by atoms with Crippen molar-refractivity contribution in [1.82, 2.24) is 9.61 Å². The van der Waals surface area contributed by atoms with E-state index in [1.165, 1.54) is 5.56 Å². The fourth-order valence-electron chi connectivity index (χ4n) is 2.35. The lowest BCUT2D eigenvalue weighted by Gasteiger charge is -2.19. The highest BCUT2D eigenvalue weighted by Gasteiger charge is 2.13. The van der Waals surface area contributed by atoms with Crippen LogP contribution < -0.4 is 10.6 Å². The summed E-state index contributed by atoms with van der Waals surface area (Å²) in [4.78, 5) is 12.1. The number of hydrogen-bond acceptors (Lipinski definition) is 2. The molecule has 0 saturated heterocycles. The highest BCUT2D eigenvalue weighted by Crippen LogP contribution is 2.23. The first kappa shape index (κ1) is 15.1. The van der Waals surface area contributed by atoms with Crippen molar-refractivity contribution in [1.29, 1.82) is 0 Å². The Morgan fingerprint density at radius 3 is 2.39 bits per heavy atom. The minimum Gasteiger partial charge on any atom is -0.308 e. The molecule has 2 aromatic heterocycles. The van der Waals surface area contributed by atoms with E-state index in [1.54, 1.807) is 10.7 Å². The number of aromatic nitrogens is 2. The lowest BCUT2D eigenvalue weighted by atomic mass is 9.87. The van der Waals surface area contributed by atoms with Gasteiger partial charge in [-0.1, -0.05) is 32.9 Å². The van der Waals surface area contributed by atoms with Gasteiger partial charge in [-0.25, -0.2) is 9.31 Å². The third-order valence-corrected chi connectivity index (χ3v) is 3.67. The van der Waals surface area contributed by atoms with Crippen molar-refractivity contribution in [2.75, 3.05) is 10.6 Å². The Kier molecular flexibility index (Phi) is 3.78. The van der Waals surface area contributed by atoms with Crippen molar-refractivity contribution in [3.8, 4) is 0 Å². The van der Waals surface area contributed by atoms with Crippen molar-refractivity contribution >= 4 is 22.9 Å². The normalized spacial score (nSPS) is 11.4. The number of nitrogens with zero attached hydrogens (tertiary/aromatic N) is 2. The number of hydrogen-bond donors (Lipinski definition) is 2. The maximum absolute atomic E-state index is 12.1. The summed E-state index contributed by atoms with van der Waals surface area (Å²) < 4.78 is 1.74. The molecule has 0 radical (unpaired) electrons. The molecule has 23 heavy (non-hydrogen) atoms. The Labute approximate surface area is 135 Å². The molecule has 0 aliphatic carbocycles. The van der Waals surface area contributed by atoms with Crippen LogP contribution in [0.1, 0.15) is 26.3 Å². The molecule has 0 fully saturated rings. The first-order chi connectivity index (χ1) is 10.9. The summed E-state index contributed by atoms with van der Waals surface area (Å²) in [5.41, 5.74) is 3.75. The summed E-state index contributed by atoms with van der Waals surface area (Å²) >= 11 is 0. The average Bonchev–Trinajstić information content (AvgIpc) is 2.94. The van der Waals surface area contributed by atoms with Crippen LogP contribution in [0.2, 0.25) is 0 Å². The standard InChI is InChI=1S/C18H20N4O/c1-18(2,3)13-4-6-14(7-5-13)20-17(23)21-15-9-11-22-16(12-15)8-10-19-22/h4-12H,1-3H3,(H2,20,21,23). The molecule has 1 aromatic carbocycles. The number of amides is 2. The van der Waals surface area contributed by atoms with Gasteiger partial charge >= 0.3 is 6.03 Å². The first-order valence-corrected chi connectivity index (χ1v) is 7.54. The lowest BCUT2D eigenvalue weighted by molar-refractivity contribution is 0.262. The summed E-state index contributed by atoms with van der Waals surface area (Å²) in [5.74, 6) is 0. The molecule has 2 amide bonds. The van der Waals surface area contributed by atoms with Gasteiger partial charge < -0.3 is 10.6 Å². The maximum Gasteiger partial charge on any atom is 0.323 e. The molecule has 5 heteroatoms. The third-order valence-electron chi connectivity index (χ3n) is 3.67. The molecule has 0 aliphatic rings. The van der Waals surface area contributed by atoms with Gasteiger partial charge in [0.15, 0.2) is 0 Å². The summed E-state index contributed by atoms with van der Waals surface area (Å²) in [6, 6.07) is 13.2. The van der Waals surface area contributed by atoms with E-state index < -0.39 is 0 Å². The molecule has 0 spiro atoms. The molecule has 0 unspecified atom stereocenters. The van der Waals surface area contributed by atoms with E-state index in [1.807, 2.05) is 48.7 Å². The van der Waals surface area contributed by atoms with E-state index >= 15 is 0 Å². The van der Waals surface area contributed by atoms with E-state index in [2.05, 4.69) is 36.5 Å². The average molecular weight is 308 g/mol. The zero-order chi connectivity index (χ0) is 16.4. The minimum atomic E-state index is -0.266. The van der Waals surface area contributed by atoms with Crippen molar-refractivity contribution in [2.24, 2.45) is 0 Å². The number of fused-ring (bicyclic) bond motifs is 1. The maximum atomic E-state index is 12.1. The van der Waals surface area contributed by atoms with Gasteiger partial charge in [0.2, 0.25) is 0 Å². The number of carbonyl (C=O) groups is 1. The van der Waals surface area contributed by atoms with Gasteiger partial charge in [0, 0.05) is 23.8 Å². The number of pyridine rings is 1. The fraction of sp³-hybridized carbons (Fsp3) is 0.222. The third kappa shape index (κ3) is 3.51. The lowest BCUT2D eigenvalue weighted by Crippen LogP contribution is -2.19. The molecule has 0 atom stereocenters. The summed E-state index contributed by atoms with van der Waals surface area (Å²) in [6.07, 6.45) is 3.53. The largest absolute Gasteiger partial charge is 0.323 e. The minimum absolute atomic E-state index is 0.0987. The van der Waals surface area contributed by atoms with E-state index in [0.717, 1.165) is 16.9 Å². The van der Waals surface area contributed by atoms with Crippen LogP contribution in [-0.4, -0.2) is 15.6 Å².